The van der Waals surface area contributed by atoms with Crippen molar-refractivity contribution in [2.24, 2.45) is 11.5 Å². The maximum absolute atomic E-state index is 10.8. The van der Waals surface area contributed by atoms with E-state index in [9.17, 15) is 15.0 Å². The minimum Gasteiger partial charge on any atom is -0.480 e. The smallest absolute Gasteiger partial charge is 0.320 e. The van der Waals surface area contributed by atoms with Crippen LogP contribution in [-0.2, 0) is 9.53 Å². The molecule has 1 aliphatic heterocycles. The molecule has 1 saturated heterocycles. The molecule has 0 radical (unpaired) electrons. The first-order valence-corrected chi connectivity index (χ1v) is 8.48. The van der Waals surface area contributed by atoms with Crippen LogP contribution in [0.4, 0.5) is 5.82 Å². The number of carboxylic acids is 1. The number of ether oxygens (including phenoxy) is 1. The summed E-state index contributed by atoms with van der Waals surface area (Å²) in [6.45, 7) is 0. The van der Waals surface area contributed by atoms with Gasteiger partial charge in [-0.3, -0.25) is 9.36 Å². The molecule has 148 valence electrons. The average Bonchev–Trinajstić information content (AvgIpc) is 3.17. The zero-order valence-corrected chi connectivity index (χ0v) is 14.4. The molecule has 0 bridgehead atoms. The predicted octanol–water partition coefficient (Wildman–Crippen LogP) is -2.06. The summed E-state index contributed by atoms with van der Waals surface area (Å²) in [4.78, 5) is 22.8. The number of rotatable bonds is 7. The maximum Gasteiger partial charge on any atom is 0.320 e. The summed E-state index contributed by atoms with van der Waals surface area (Å²) in [6.07, 6.45) is -0.604. The van der Waals surface area contributed by atoms with E-state index in [1.807, 2.05) is 0 Å². The Labute approximate surface area is 154 Å². The number of imidazole rings is 1. The second-order valence-corrected chi connectivity index (χ2v) is 6.65. The first kappa shape index (κ1) is 19.4. The molecule has 1 aliphatic rings. The van der Waals surface area contributed by atoms with Gasteiger partial charge in [0.05, 0.1) is 12.4 Å². The van der Waals surface area contributed by atoms with Gasteiger partial charge in [0.2, 0.25) is 0 Å². The Kier molecular flexibility index (Phi) is 5.53. The van der Waals surface area contributed by atoms with Gasteiger partial charge >= 0.3 is 5.97 Å². The minimum atomic E-state index is -1.22. The van der Waals surface area contributed by atoms with Gasteiger partial charge in [-0.05, 0) is 19.3 Å². The van der Waals surface area contributed by atoms with E-state index in [0.717, 1.165) is 0 Å². The van der Waals surface area contributed by atoms with Crippen LogP contribution in [0.3, 0.4) is 0 Å². The molecule has 2 aromatic rings. The van der Waals surface area contributed by atoms with Crippen molar-refractivity contribution in [3.63, 3.8) is 0 Å². The maximum atomic E-state index is 10.8. The third-order valence-electron chi connectivity index (χ3n) is 4.70. The van der Waals surface area contributed by atoms with E-state index >= 15 is 0 Å². The summed E-state index contributed by atoms with van der Waals surface area (Å²) >= 11 is 0. The normalized spacial score (nSPS) is 27.7. The molecule has 1 fully saturated rings. The molecule has 0 amide bonds. The molecule has 0 aliphatic carbocycles. The molecular formula is C15H23N7O5. The van der Waals surface area contributed by atoms with Crippen molar-refractivity contribution in [2.75, 3.05) is 5.73 Å². The highest BCUT2D eigenvalue weighted by molar-refractivity contribution is 5.81. The number of aromatic nitrogens is 4. The quantitative estimate of drug-likeness (QED) is 0.307. The molecular weight excluding hydrogens is 358 g/mol. The molecule has 12 heteroatoms. The van der Waals surface area contributed by atoms with Crippen LogP contribution < -0.4 is 17.2 Å². The summed E-state index contributed by atoms with van der Waals surface area (Å²) in [5, 5.41) is 29.5. The topological polar surface area (TPSA) is 209 Å². The molecule has 0 spiro atoms. The molecule has 0 saturated carbocycles. The number of nitrogens with two attached hydrogens (primary N) is 3. The van der Waals surface area contributed by atoms with Gasteiger partial charge < -0.3 is 37.3 Å². The standard InChI is InChI=1S/C15H23N7O5/c16-6(1-2-7(17)15(25)26)3-8-10(23)11(24)14(27-8)22-5-21-9-12(18)19-4-20-13(9)22/h4-8,10-11,14,23-24H,1-3,16-17H2,(H,25,26)(H2,18,19,20)/t6-,7+,8+,10+,11-,14-/m1/s1. The van der Waals surface area contributed by atoms with Gasteiger partial charge in [-0.1, -0.05) is 0 Å². The lowest BCUT2D eigenvalue weighted by atomic mass is 9.98. The highest BCUT2D eigenvalue weighted by atomic mass is 16.6. The minimum absolute atomic E-state index is 0.195. The molecule has 0 unspecified atom stereocenters. The third-order valence-corrected chi connectivity index (χ3v) is 4.70. The number of aliphatic hydroxyl groups excluding tert-OH is 2. The van der Waals surface area contributed by atoms with Crippen molar-refractivity contribution >= 4 is 23.0 Å². The molecule has 0 aromatic carbocycles. The third kappa shape index (κ3) is 3.84. The molecule has 2 aromatic heterocycles. The Bertz CT molecular complexity index is 815. The molecule has 9 N–H and O–H groups in total. The second-order valence-electron chi connectivity index (χ2n) is 6.65. The fourth-order valence-corrected chi connectivity index (χ4v) is 3.14. The van der Waals surface area contributed by atoms with Crippen LogP contribution in [0.2, 0.25) is 0 Å². The molecule has 12 nitrogen and oxygen atoms in total. The predicted molar refractivity (Wildman–Crippen MR) is 93.1 cm³/mol. The van der Waals surface area contributed by atoms with Crippen LogP contribution in [0.25, 0.3) is 11.2 Å². The highest BCUT2D eigenvalue weighted by Gasteiger charge is 2.44. The van der Waals surface area contributed by atoms with Gasteiger partial charge in [-0.15, -0.1) is 0 Å². The van der Waals surface area contributed by atoms with Gasteiger partial charge in [-0.2, -0.15) is 0 Å². The van der Waals surface area contributed by atoms with Gasteiger partial charge in [-0.25, -0.2) is 15.0 Å². The van der Waals surface area contributed by atoms with Crippen LogP contribution in [0.15, 0.2) is 12.7 Å². The lowest BCUT2D eigenvalue weighted by molar-refractivity contribution is -0.138. The first-order valence-electron chi connectivity index (χ1n) is 8.48. The number of anilines is 1. The number of carboxylic acid groups (broad SMARTS) is 1. The lowest BCUT2D eigenvalue weighted by Gasteiger charge is -2.20. The number of hydrogen-bond donors (Lipinski definition) is 6. The van der Waals surface area contributed by atoms with E-state index in [1.54, 1.807) is 0 Å². The highest BCUT2D eigenvalue weighted by Crippen LogP contribution is 2.33. The van der Waals surface area contributed by atoms with Crippen LogP contribution in [0, 0.1) is 0 Å². The number of aliphatic carboxylic acids is 1. The van der Waals surface area contributed by atoms with E-state index in [-0.39, 0.29) is 18.7 Å². The monoisotopic (exact) mass is 381 g/mol. The molecule has 6 atom stereocenters. The number of carbonyl (C=O) groups is 1. The number of hydrogen-bond acceptors (Lipinski definition) is 10. The van der Waals surface area contributed by atoms with E-state index in [4.69, 9.17) is 27.0 Å². The van der Waals surface area contributed by atoms with Crippen molar-refractivity contribution in [3.05, 3.63) is 12.7 Å². The average molecular weight is 381 g/mol. The Morgan fingerprint density at radius 1 is 1.22 bits per heavy atom. The fraction of sp³-hybridized carbons (Fsp3) is 0.600. The van der Waals surface area contributed by atoms with Crippen LogP contribution in [-0.4, -0.2) is 71.2 Å². The Morgan fingerprint density at radius 3 is 2.67 bits per heavy atom. The van der Waals surface area contributed by atoms with Crippen LogP contribution in [0.5, 0.6) is 0 Å². The van der Waals surface area contributed by atoms with Crippen molar-refractivity contribution in [2.45, 2.75) is 55.9 Å². The Hall–Kier alpha value is -2.38. The van der Waals surface area contributed by atoms with E-state index in [2.05, 4.69) is 15.0 Å². The number of nitrogen functional groups attached to an aromatic ring is 1. The van der Waals surface area contributed by atoms with Crippen molar-refractivity contribution < 1.29 is 24.9 Å². The number of aliphatic hydroxyl groups is 2. The summed E-state index contributed by atoms with van der Waals surface area (Å²) in [5.41, 5.74) is 18.0. The number of fused-ring (bicyclic) bond motifs is 1. The van der Waals surface area contributed by atoms with Gasteiger partial charge in [0, 0.05) is 6.04 Å². The van der Waals surface area contributed by atoms with E-state index < -0.39 is 42.6 Å². The van der Waals surface area contributed by atoms with Crippen LogP contribution in [0.1, 0.15) is 25.5 Å². The largest absolute Gasteiger partial charge is 0.480 e. The van der Waals surface area contributed by atoms with Crippen molar-refractivity contribution in [1.29, 1.82) is 0 Å². The van der Waals surface area contributed by atoms with Crippen molar-refractivity contribution in [3.8, 4) is 0 Å². The fourth-order valence-electron chi connectivity index (χ4n) is 3.14. The molecule has 3 heterocycles. The van der Waals surface area contributed by atoms with Gasteiger partial charge in [0.25, 0.3) is 0 Å². The second kappa shape index (κ2) is 7.70. The zero-order valence-electron chi connectivity index (χ0n) is 14.4. The summed E-state index contributed by atoms with van der Waals surface area (Å²) < 4.78 is 7.28. The Morgan fingerprint density at radius 2 is 1.96 bits per heavy atom. The molecule has 3 rings (SSSR count). The summed E-state index contributed by atoms with van der Waals surface area (Å²) in [7, 11) is 0. The molecule has 27 heavy (non-hydrogen) atoms. The van der Waals surface area contributed by atoms with E-state index in [0.29, 0.717) is 17.6 Å². The summed E-state index contributed by atoms with van der Waals surface area (Å²) in [5.74, 6) is -0.900. The first-order chi connectivity index (χ1) is 12.8. The SMILES string of the molecule is Nc1ncnc2c1ncn2[C@@H]1O[C@@H](C[C@H](N)CC[C@H](N)C(=O)O)[C@H](O)[C@H]1O. The zero-order chi connectivity index (χ0) is 19.7. The van der Waals surface area contributed by atoms with Crippen LogP contribution >= 0.6 is 0 Å². The van der Waals surface area contributed by atoms with Gasteiger partial charge in [0.15, 0.2) is 17.7 Å². The Balaban J connectivity index is 1.68. The number of nitrogens with zero attached hydrogens (tertiary/aromatic N) is 4. The lowest BCUT2D eigenvalue weighted by Crippen LogP contribution is -2.37. The van der Waals surface area contributed by atoms with Crippen molar-refractivity contribution in [1.82, 2.24) is 19.5 Å². The van der Waals surface area contributed by atoms with Gasteiger partial charge in [0.1, 0.15) is 30.1 Å². The summed E-state index contributed by atoms with van der Waals surface area (Å²) in [6, 6.07) is -1.44. The van der Waals surface area contributed by atoms with E-state index in [1.165, 1.54) is 17.2 Å².